The highest BCUT2D eigenvalue weighted by Gasteiger charge is 2.22. The molecule has 1 aromatic heterocycles. The summed E-state index contributed by atoms with van der Waals surface area (Å²) in [5, 5.41) is 3.00. The first-order valence-electron chi connectivity index (χ1n) is 8.91. The standard InChI is InChI=1S/C20H25N3O2/c1-3-15-5-7-17(8-6-15)23-12-10-16(11-13-23)22-20(25)18-9-4-14(2)21-19(18)24/h4-9,16H,3,10-13H2,1-2H3,(H,21,24)(H,22,25). The van der Waals surface area contributed by atoms with Gasteiger partial charge in [-0.25, -0.2) is 0 Å². The molecule has 3 rings (SSSR count). The second-order valence-electron chi connectivity index (χ2n) is 6.64. The Kier molecular flexibility index (Phi) is 5.22. The molecule has 0 spiro atoms. The number of hydrogen-bond acceptors (Lipinski definition) is 3. The zero-order valence-electron chi connectivity index (χ0n) is 14.8. The summed E-state index contributed by atoms with van der Waals surface area (Å²) >= 11 is 0. The highest BCUT2D eigenvalue weighted by atomic mass is 16.2. The van der Waals surface area contributed by atoms with Crippen molar-refractivity contribution in [2.45, 2.75) is 39.2 Å². The Morgan fingerprint density at radius 1 is 1.16 bits per heavy atom. The van der Waals surface area contributed by atoms with Gasteiger partial charge in [0.15, 0.2) is 0 Å². The predicted molar refractivity (Wildman–Crippen MR) is 100 cm³/mol. The number of aryl methyl sites for hydroxylation is 2. The first-order chi connectivity index (χ1) is 12.1. The molecule has 2 heterocycles. The Bertz CT molecular complexity index is 787. The molecule has 0 unspecified atom stereocenters. The number of aromatic amines is 1. The number of carbonyl (C=O) groups excluding carboxylic acids is 1. The Balaban J connectivity index is 1.56. The van der Waals surface area contributed by atoms with E-state index in [4.69, 9.17) is 0 Å². The number of nitrogens with one attached hydrogen (secondary N) is 2. The minimum absolute atomic E-state index is 0.111. The fraction of sp³-hybridized carbons (Fsp3) is 0.400. The molecular formula is C20H25N3O2. The summed E-state index contributed by atoms with van der Waals surface area (Å²) in [7, 11) is 0. The Morgan fingerprint density at radius 3 is 2.44 bits per heavy atom. The van der Waals surface area contributed by atoms with Crippen LogP contribution in [0, 0.1) is 6.92 Å². The van der Waals surface area contributed by atoms with Crippen molar-refractivity contribution in [1.29, 1.82) is 0 Å². The molecule has 1 amide bonds. The van der Waals surface area contributed by atoms with Gasteiger partial charge in [-0.3, -0.25) is 9.59 Å². The van der Waals surface area contributed by atoms with E-state index in [9.17, 15) is 9.59 Å². The van der Waals surface area contributed by atoms with E-state index in [0.717, 1.165) is 38.0 Å². The lowest BCUT2D eigenvalue weighted by molar-refractivity contribution is 0.0929. The van der Waals surface area contributed by atoms with Gasteiger partial charge in [0.05, 0.1) is 0 Å². The molecule has 0 bridgehead atoms. The third kappa shape index (κ3) is 4.10. The Morgan fingerprint density at radius 2 is 1.84 bits per heavy atom. The van der Waals surface area contributed by atoms with Crippen LogP contribution in [0.15, 0.2) is 41.2 Å². The van der Waals surface area contributed by atoms with Gasteiger partial charge in [0.2, 0.25) is 0 Å². The fourth-order valence-electron chi connectivity index (χ4n) is 3.24. The number of piperidine rings is 1. The maximum absolute atomic E-state index is 12.3. The molecular weight excluding hydrogens is 314 g/mol. The van der Waals surface area contributed by atoms with Crippen molar-refractivity contribution in [2.75, 3.05) is 18.0 Å². The normalized spacial score (nSPS) is 15.2. The second kappa shape index (κ2) is 7.55. The summed E-state index contributed by atoms with van der Waals surface area (Å²) in [6.45, 7) is 5.76. The Labute approximate surface area is 148 Å². The van der Waals surface area contributed by atoms with E-state index in [-0.39, 0.29) is 23.1 Å². The first-order valence-corrected chi connectivity index (χ1v) is 8.91. The summed E-state index contributed by atoms with van der Waals surface area (Å²) in [4.78, 5) is 29.2. The van der Waals surface area contributed by atoms with Gasteiger partial charge in [0, 0.05) is 30.5 Å². The lowest BCUT2D eigenvalue weighted by atomic mass is 10.0. The second-order valence-corrected chi connectivity index (χ2v) is 6.64. The summed E-state index contributed by atoms with van der Waals surface area (Å²) in [5.74, 6) is -0.285. The van der Waals surface area contributed by atoms with Crippen molar-refractivity contribution in [3.05, 3.63) is 63.6 Å². The topological polar surface area (TPSA) is 65.2 Å². The largest absolute Gasteiger partial charge is 0.371 e. The number of hydrogen-bond donors (Lipinski definition) is 2. The van der Waals surface area contributed by atoms with Gasteiger partial charge in [0.1, 0.15) is 5.56 Å². The number of benzene rings is 1. The predicted octanol–water partition coefficient (Wildman–Crippen LogP) is 2.64. The van der Waals surface area contributed by atoms with Crippen LogP contribution >= 0.6 is 0 Å². The molecule has 132 valence electrons. The van der Waals surface area contributed by atoms with E-state index in [1.165, 1.54) is 11.3 Å². The highest BCUT2D eigenvalue weighted by Crippen LogP contribution is 2.21. The van der Waals surface area contributed by atoms with Crippen molar-refractivity contribution in [3.8, 4) is 0 Å². The molecule has 0 radical (unpaired) electrons. The number of pyridine rings is 1. The van der Waals surface area contributed by atoms with Gasteiger partial charge in [0.25, 0.3) is 11.5 Å². The minimum atomic E-state index is -0.328. The van der Waals surface area contributed by atoms with E-state index in [2.05, 4.69) is 46.4 Å². The van der Waals surface area contributed by atoms with Crippen LogP contribution in [0.2, 0.25) is 0 Å². The maximum Gasteiger partial charge on any atom is 0.260 e. The summed E-state index contributed by atoms with van der Waals surface area (Å²) in [5.41, 5.74) is 3.18. The van der Waals surface area contributed by atoms with Gasteiger partial charge in [-0.15, -0.1) is 0 Å². The molecule has 0 aliphatic carbocycles. The molecule has 25 heavy (non-hydrogen) atoms. The van der Waals surface area contributed by atoms with Crippen LogP contribution in [-0.2, 0) is 6.42 Å². The molecule has 2 N–H and O–H groups in total. The lowest BCUT2D eigenvalue weighted by Gasteiger charge is -2.34. The number of anilines is 1. The first kappa shape index (κ1) is 17.3. The molecule has 0 atom stereocenters. The van der Waals surface area contributed by atoms with Crippen LogP contribution in [-0.4, -0.2) is 30.0 Å². The molecule has 1 aliphatic heterocycles. The smallest absolute Gasteiger partial charge is 0.260 e. The zero-order chi connectivity index (χ0) is 17.8. The van der Waals surface area contributed by atoms with Crippen molar-refractivity contribution in [3.63, 3.8) is 0 Å². The monoisotopic (exact) mass is 339 g/mol. The van der Waals surface area contributed by atoms with Crippen molar-refractivity contribution < 1.29 is 4.79 Å². The number of carbonyl (C=O) groups is 1. The fourth-order valence-corrected chi connectivity index (χ4v) is 3.24. The molecule has 1 fully saturated rings. The van der Waals surface area contributed by atoms with E-state index < -0.39 is 0 Å². The third-order valence-electron chi connectivity index (χ3n) is 4.84. The van der Waals surface area contributed by atoms with Gasteiger partial charge in [-0.05, 0) is 56.0 Å². The van der Waals surface area contributed by atoms with E-state index in [1.807, 2.05) is 0 Å². The molecule has 0 saturated carbocycles. The van der Waals surface area contributed by atoms with Crippen molar-refractivity contribution in [1.82, 2.24) is 10.3 Å². The van der Waals surface area contributed by atoms with Crippen molar-refractivity contribution in [2.24, 2.45) is 0 Å². The summed E-state index contributed by atoms with van der Waals surface area (Å²) in [6.07, 6.45) is 2.81. The quantitative estimate of drug-likeness (QED) is 0.900. The molecule has 1 aliphatic rings. The number of aromatic nitrogens is 1. The van der Waals surface area contributed by atoms with Crippen molar-refractivity contribution >= 4 is 11.6 Å². The zero-order valence-corrected chi connectivity index (χ0v) is 14.8. The molecule has 2 aromatic rings. The van der Waals surface area contributed by atoms with Crippen LogP contribution in [0.3, 0.4) is 0 Å². The van der Waals surface area contributed by atoms with E-state index >= 15 is 0 Å². The molecule has 1 saturated heterocycles. The third-order valence-corrected chi connectivity index (χ3v) is 4.84. The number of amides is 1. The molecule has 5 nitrogen and oxygen atoms in total. The highest BCUT2D eigenvalue weighted by molar-refractivity contribution is 5.94. The van der Waals surface area contributed by atoms with Crippen LogP contribution in [0.5, 0.6) is 0 Å². The van der Waals surface area contributed by atoms with Gasteiger partial charge in [-0.1, -0.05) is 19.1 Å². The minimum Gasteiger partial charge on any atom is -0.371 e. The van der Waals surface area contributed by atoms with Crippen LogP contribution in [0.4, 0.5) is 5.69 Å². The van der Waals surface area contributed by atoms with Gasteiger partial charge < -0.3 is 15.2 Å². The SMILES string of the molecule is CCc1ccc(N2CCC(NC(=O)c3ccc(C)[nH]c3=O)CC2)cc1. The summed E-state index contributed by atoms with van der Waals surface area (Å²) < 4.78 is 0. The number of nitrogens with zero attached hydrogens (tertiary/aromatic N) is 1. The number of H-pyrrole nitrogens is 1. The van der Waals surface area contributed by atoms with E-state index in [1.54, 1.807) is 19.1 Å². The van der Waals surface area contributed by atoms with Gasteiger partial charge >= 0.3 is 0 Å². The lowest BCUT2D eigenvalue weighted by Crippen LogP contribution is -2.45. The molecule has 1 aromatic carbocycles. The van der Waals surface area contributed by atoms with Crippen LogP contribution in [0.25, 0.3) is 0 Å². The van der Waals surface area contributed by atoms with Crippen LogP contribution in [0.1, 0.15) is 41.4 Å². The number of rotatable bonds is 4. The van der Waals surface area contributed by atoms with E-state index in [0.29, 0.717) is 0 Å². The summed E-state index contributed by atoms with van der Waals surface area (Å²) in [6, 6.07) is 12.1. The average Bonchev–Trinajstić information content (AvgIpc) is 2.62. The maximum atomic E-state index is 12.3. The Hall–Kier alpha value is -2.56. The average molecular weight is 339 g/mol. The van der Waals surface area contributed by atoms with Crippen LogP contribution < -0.4 is 15.8 Å². The van der Waals surface area contributed by atoms with Gasteiger partial charge in [-0.2, -0.15) is 0 Å². The molecule has 5 heteroatoms.